The van der Waals surface area contributed by atoms with Crippen molar-refractivity contribution in [3.8, 4) is 0 Å². The van der Waals surface area contributed by atoms with Gasteiger partial charge in [-0.05, 0) is 32.1 Å². The maximum absolute atomic E-state index is 10.4. The summed E-state index contributed by atoms with van der Waals surface area (Å²) in [6.45, 7) is 2.25. The van der Waals surface area contributed by atoms with E-state index in [-0.39, 0.29) is 6.10 Å². The molecule has 0 aliphatic heterocycles. The van der Waals surface area contributed by atoms with Crippen molar-refractivity contribution in [1.82, 2.24) is 0 Å². The maximum Gasteiger partial charge on any atom is 0.303 e. The third-order valence-corrected chi connectivity index (χ3v) is 4.73. The van der Waals surface area contributed by atoms with Crippen molar-refractivity contribution in [1.29, 1.82) is 0 Å². The largest absolute Gasteiger partial charge is 0.481 e. The Balaban J connectivity index is 3.26. The molecule has 0 aliphatic rings. The number of carbonyl (C=O) groups is 1. The lowest BCUT2D eigenvalue weighted by Gasteiger charge is -2.07. The quantitative estimate of drug-likeness (QED) is 0.202. The van der Waals surface area contributed by atoms with Gasteiger partial charge in [0, 0.05) is 6.42 Å². The lowest BCUT2D eigenvalue weighted by Crippen LogP contribution is -2.04. The minimum absolute atomic E-state index is 0.184. The standard InChI is InChI=1S/C22H42O3/c1-2-3-4-5-6-7-9-12-15-18-21(23)19-16-13-10-8-11-14-17-20-22(24)25/h12,15,21,23H,2-11,13-14,16-20H2,1H3,(H,24,25). The topological polar surface area (TPSA) is 57.5 Å². The molecule has 0 rings (SSSR count). The first-order valence-electron chi connectivity index (χ1n) is 10.7. The number of aliphatic carboxylic acids is 1. The predicted octanol–water partition coefficient (Wildman–Crippen LogP) is 6.64. The van der Waals surface area contributed by atoms with E-state index in [1.54, 1.807) is 0 Å². The summed E-state index contributed by atoms with van der Waals surface area (Å²) in [5, 5.41) is 18.5. The highest BCUT2D eigenvalue weighted by Crippen LogP contribution is 2.12. The summed E-state index contributed by atoms with van der Waals surface area (Å²) in [5.74, 6) is -0.685. The molecule has 0 aromatic rings. The van der Waals surface area contributed by atoms with E-state index in [1.165, 1.54) is 57.8 Å². The predicted molar refractivity (Wildman–Crippen MR) is 107 cm³/mol. The monoisotopic (exact) mass is 354 g/mol. The zero-order chi connectivity index (χ0) is 18.6. The molecular weight excluding hydrogens is 312 g/mol. The summed E-state index contributed by atoms with van der Waals surface area (Å²) in [5.41, 5.74) is 0. The van der Waals surface area contributed by atoms with E-state index >= 15 is 0 Å². The maximum atomic E-state index is 10.4. The summed E-state index contributed by atoms with van der Waals surface area (Å²) in [6.07, 6.45) is 23.0. The Hall–Kier alpha value is -0.830. The van der Waals surface area contributed by atoms with Gasteiger partial charge in [-0.3, -0.25) is 4.79 Å². The average molecular weight is 355 g/mol. The number of hydrogen-bond acceptors (Lipinski definition) is 2. The fourth-order valence-electron chi connectivity index (χ4n) is 3.07. The molecule has 0 bridgehead atoms. The number of aliphatic hydroxyl groups excluding tert-OH is 1. The molecule has 25 heavy (non-hydrogen) atoms. The van der Waals surface area contributed by atoms with Gasteiger partial charge in [0.1, 0.15) is 0 Å². The Morgan fingerprint density at radius 2 is 1.36 bits per heavy atom. The van der Waals surface area contributed by atoms with Gasteiger partial charge in [0.25, 0.3) is 0 Å². The highest BCUT2D eigenvalue weighted by molar-refractivity contribution is 5.66. The fourth-order valence-corrected chi connectivity index (χ4v) is 3.07. The van der Waals surface area contributed by atoms with E-state index in [4.69, 9.17) is 5.11 Å². The Morgan fingerprint density at radius 1 is 0.800 bits per heavy atom. The van der Waals surface area contributed by atoms with Crippen molar-refractivity contribution in [2.24, 2.45) is 0 Å². The van der Waals surface area contributed by atoms with Gasteiger partial charge >= 0.3 is 5.97 Å². The summed E-state index contributed by atoms with van der Waals surface area (Å²) >= 11 is 0. The van der Waals surface area contributed by atoms with Crippen LogP contribution in [0.4, 0.5) is 0 Å². The molecular formula is C22H42O3. The number of aliphatic hydroxyl groups is 1. The van der Waals surface area contributed by atoms with Crippen molar-refractivity contribution < 1.29 is 15.0 Å². The summed E-state index contributed by atoms with van der Waals surface area (Å²) in [7, 11) is 0. The van der Waals surface area contributed by atoms with Gasteiger partial charge in [-0.2, -0.15) is 0 Å². The highest BCUT2D eigenvalue weighted by atomic mass is 16.4. The average Bonchev–Trinajstić information content (AvgIpc) is 2.58. The van der Waals surface area contributed by atoms with Gasteiger partial charge in [-0.15, -0.1) is 0 Å². The van der Waals surface area contributed by atoms with Crippen LogP contribution < -0.4 is 0 Å². The second kappa shape index (κ2) is 19.5. The molecule has 0 fully saturated rings. The van der Waals surface area contributed by atoms with Crippen molar-refractivity contribution >= 4 is 5.97 Å². The smallest absolute Gasteiger partial charge is 0.303 e. The van der Waals surface area contributed by atoms with Gasteiger partial charge in [-0.1, -0.05) is 89.7 Å². The fraction of sp³-hybridized carbons (Fsp3) is 0.864. The first-order valence-corrected chi connectivity index (χ1v) is 10.7. The van der Waals surface area contributed by atoms with Crippen LogP contribution in [0.5, 0.6) is 0 Å². The minimum atomic E-state index is -0.685. The van der Waals surface area contributed by atoms with Crippen LogP contribution in [0, 0.1) is 0 Å². The van der Waals surface area contributed by atoms with Crippen LogP contribution >= 0.6 is 0 Å². The summed E-state index contributed by atoms with van der Waals surface area (Å²) in [4.78, 5) is 10.4. The van der Waals surface area contributed by atoms with Crippen LogP contribution in [0.2, 0.25) is 0 Å². The molecule has 0 aromatic carbocycles. The molecule has 0 saturated carbocycles. The van der Waals surface area contributed by atoms with Crippen molar-refractivity contribution in [2.45, 2.75) is 122 Å². The van der Waals surface area contributed by atoms with Crippen LogP contribution in [0.15, 0.2) is 12.2 Å². The number of carboxylic acids is 1. The third kappa shape index (κ3) is 21.1. The Kier molecular flexibility index (Phi) is 18.8. The van der Waals surface area contributed by atoms with Gasteiger partial charge in [0.2, 0.25) is 0 Å². The molecule has 1 atom stereocenters. The minimum Gasteiger partial charge on any atom is -0.481 e. The Bertz CT molecular complexity index is 312. The van der Waals surface area contributed by atoms with Crippen LogP contribution in [0.3, 0.4) is 0 Å². The number of hydrogen-bond donors (Lipinski definition) is 2. The van der Waals surface area contributed by atoms with Gasteiger partial charge in [0.05, 0.1) is 6.10 Å². The van der Waals surface area contributed by atoms with Gasteiger partial charge in [0.15, 0.2) is 0 Å². The van der Waals surface area contributed by atoms with Gasteiger partial charge < -0.3 is 10.2 Å². The van der Waals surface area contributed by atoms with E-state index in [2.05, 4.69) is 19.1 Å². The Morgan fingerprint density at radius 3 is 2.00 bits per heavy atom. The number of allylic oxidation sites excluding steroid dienone is 1. The van der Waals surface area contributed by atoms with Crippen LogP contribution in [-0.2, 0) is 4.79 Å². The second-order valence-corrected chi connectivity index (χ2v) is 7.32. The van der Waals surface area contributed by atoms with Gasteiger partial charge in [-0.25, -0.2) is 0 Å². The molecule has 2 N–H and O–H groups in total. The lowest BCUT2D eigenvalue weighted by molar-refractivity contribution is -0.137. The van der Waals surface area contributed by atoms with E-state index in [1.807, 2.05) is 0 Å². The molecule has 0 heterocycles. The molecule has 148 valence electrons. The molecule has 3 heteroatoms. The van der Waals surface area contributed by atoms with Crippen molar-refractivity contribution in [2.75, 3.05) is 0 Å². The normalized spacial score (nSPS) is 12.7. The second-order valence-electron chi connectivity index (χ2n) is 7.32. The molecule has 0 saturated heterocycles. The van der Waals surface area contributed by atoms with E-state index in [9.17, 15) is 9.90 Å². The molecule has 0 radical (unpaired) electrons. The number of carboxylic acid groups (broad SMARTS) is 1. The third-order valence-electron chi connectivity index (χ3n) is 4.73. The first-order chi connectivity index (χ1) is 12.2. The van der Waals surface area contributed by atoms with Crippen LogP contribution in [0.1, 0.15) is 116 Å². The van der Waals surface area contributed by atoms with Crippen LogP contribution in [-0.4, -0.2) is 22.3 Å². The van der Waals surface area contributed by atoms with E-state index in [0.29, 0.717) is 6.42 Å². The molecule has 3 nitrogen and oxygen atoms in total. The zero-order valence-corrected chi connectivity index (χ0v) is 16.6. The van der Waals surface area contributed by atoms with Crippen molar-refractivity contribution in [3.63, 3.8) is 0 Å². The first kappa shape index (κ1) is 24.2. The molecule has 1 unspecified atom stereocenters. The molecule has 0 aromatic heterocycles. The highest BCUT2D eigenvalue weighted by Gasteiger charge is 2.01. The van der Waals surface area contributed by atoms with E-state index < -0.39 is 5.97 Å². The number of unbranched alkanes of at least 4 members (excludes halogenated alkanes) is 12. The van der Waals surface area contributed by atoms with Crippen molar-refractivity contribution in [3.05, 3.63) is 12.2 Å². The molecule has 0 amide bonds. The summed E-state index contributed by atoms with van der Waals surface area (Å²) < 4.78 is 0. The lowest BCUT2D eigenvalue weighted by atomic mass is 10.0. The molecule has 0 aliphatic carbocycles. The number of rotatable bonds is 19. The SMILES string of the molecule is CCCCCCCCC=CCC(O)CCCCCCCCCC(=O)O. The van der Waals surface area contributed by atoms with Crippen LogP contribution in [0.25, 0.3) is 0 Å². The summed E-state index contributed by atoms with van der Waals surface area (Å²) in [6, 6.07) is 0. The van der Waals surface area contributed by atoms with E-state index in [0.717, 1.165) is 44.9 Å². The Labute approximate surface area is 155 Å². The molecule has 0 spiro atoms. The zero-order valence-electron chi connectivity index (χ0n) is 16.6.